The number of carboxylic acids is 1. The van der Waals surface area contributed by atoms with E-state index in [-0.39, 0.29) is 17.9 Å². The van der Waals surface area contributed by atoms with Gasteiger partial charge in [-0.1, -0.05) is 43.7 Å². The van der Waals surface area contributed by atoms with Crippen LogP contribution in [0, 0.1) is 11.8 Å². The number of aliphatic carboxylic acids is 1. The monoisotopic (exact) mass is 406 g/mol. The third-order valence-electron chi connectivity index (χ3n) is 5.84. The van der Waals surface area contributed by atoms with Crippen LogP contribution in [0.5, 0.6) is 0 Å². The Morgan fingerprint density at radius 1 is 0.929 bits per heavy atom. The topological polar surface area (TPSA) is 95.5 Å². The lowest BCUT2D eigenvalue weighted by Crippen LogP contribution is -2.37. The van der Waals surface area contributed by atoms with Crippen molar-refractivity contribution < 1.29 is 19.5 Å². The number of carbonyl (C=O) groups excluding carboxylic acids is 2. The molecule has 3 rings (SSSR count). The molecule has 1 aromatic carbocycles. The van der Waals surface area contributed by atoms with E-state index in [1.807, 2.05) is 0 Å². The minimum absolute atomic E-state index is 0.161. The van der Waals surface area contributed by atoms with Crippen LogP contribution in [0.3, 0.4) is 0 Å². The van der Waals surface area contributed by atoms with E-state index in [0.717, 1.165) is 38.5 Å². The van der Waals surface area contributed by atoms with Gasteiger partial charge in [0.2, 0.25) is 5.91 Å². The Hall–Kier alpha value is -2.08. The molecule has 0 saturated heterocycles. The number of hydrogen-bond donors (Lipinski definition) is 3. The van der Waals surface area contributed by atoms with Gasteiger partial charge in [0, 0.05) is 11.7 Å². The first-order valence-electron chi connectivity index (χ1n) is 10.1. The molecular formula is C21H27ClN2O4. The predicted molar refractivity (Wildman–Crippen MR) is 108 cm³/mol. The van der Waals surface area contributed by atoms with Gasteiger partial charge in [-0.2, -0.15) is 0 Å². The highest BCUT2D eigenvalue weighted by molar-refractivity contribution is 6.34. The van der Waals surface area contributed by atoms with Crippen LogP contribution in [-0.2, 0) is 9.59 Å². The van der Waals surface area contributed by atoms with Crippen molar-refractivity contribution in [3.05, 3.63) is 28.8 Å². The number of hydrogen-bond acceptors (Lipinski definition) is 3. The zero-order valence-electron chi connectivity index (χ0n) is 15.9. The average Bonchev–Trinajstić information content (AvgIpc) is 2.70. The fourth-order valence-electron chi connectivity index (χ4n) is 4.26. The molecule has 3 N–H and O–H groups in total. The van der Waals surface area contributed by atoms with Crippen molar-refractivity contribution in [2.75, 3.05) is 5.32 Å². The van der Waals surface area contributed by atoms with Crippen molar-refractivity contribution in [1.82, 2.24) is 5.32 Å². The van der Waals surface area contributed by atoms with Gasteiger partial charge in [0.25, 0.3) is 5.91 Å². The molecule has 2 atom stereocenters. The summed E-state index contributed by atoms with van der Waals surface area (Å²) in [5.74, 6) is -2.69. The SMILES string of the molecule is O=C(NC1CCCCC1)c1cc(NC(=O)C2CCCCC2C(=O)O)ccc1Cl. The zero-order valence-corrected chi connectivity index (χ0v) is 16.6. The van der Waals surface area contributed by atoms with Crippen molar-refractivity contribution >= 4 is 35.1 Å². The third kappa shape index (κ3) is 5.04. The van der Waals surface area contributed by atoms with E-state index < -0.39 is 17.8 Å². The quantitative estimate of drug-likeness (QED) is 0.681. The molecule has 2 fully saturated rings. The number of carboxylic acid groups (broad SMARTS) is 1. The van der Waals surface area contributed by atoms with Crippen LogP contribution in [0.25, 0.3) is 0 Å². The summed E-state index contributed by atoms with van der Waals surface area (Å²) in [4.78, 5) is 36.7. The van der Waals surface area contributed by atoms with E-state index in [2.05, 4.69) is 10.6 Å². The number of rotatable bonds is 5. The number of amides is 2. The first-order valence-corrected chi connectivity index (χ1v) is 10.5. The average molecular weight is 407 g/mol. The summed E-state index contributed by atoms with van der Waals surface area (Å²) in [6.07, 6.45) is 8.12. The van der Waals surface area contributed by atoms with Crippen molar-refractivity contribution in [3.8, 4) is 0 Å². The van der Waals surface area contributed by atoms with Gasteiger partial charge in [0.05, 0.1) is 22.4 Å². The summed E-state index contributed by atoms with van der Waals surface area (Å²) in [5.41, 5.74) is 0.779. The van der Waals surface area contributed by atoms with Gasteiger partial charge in [0.15, 0.2) is 0 Å². The molecule has 2 amide bonds. The number of halogens is 1. The molecule has 0 radical (unpaired) electrons. The zero-order chi connectivity index (χ0) is 20.1. The molecule has 0 aromatic heterocycles. The molecule has 0 aliphatic heterocycles. The highest BCUT2D eigenvalue weighted by Crippen LogP contribution is 2.32. The van der Waals surface area contributed by atoms with Crippen LogP contribution in [-0.4, -0.2) is 28.9 Å². The normalized spacial score (nSPS) is 23.0. The van der Waals surface area contributed by atoms with Crippen LogP contribution < -0.4 is 10.6 Å². The molecule has 6 nitrogen and oxygen atoms in total. The molecule has 2 unspecified atom stereocenters. The second-order valence-electron chi connectivity index (χ2n) is 7.83. The Morgan fingerprint density at radius 3 is 2.25 bits per heavy atom. The first kappa shape index (κ1) is 20.6. The summed E-state index contributed by atoms with van der Waals surface area (Å²) in [5, 5.41) is 15.5. The maximum Gasteiger partial charge on any atom is 0.307 e. The van der Waals surface area contributed by atoms with Crippen LogP contribution >= 0.6 is 11.6 Å². The largest absolute Gasteiger partial charge is 0.481 e. The molecule has 152 valence electrons. The highest BCUT2D eigenvalue weighted by atomic mass is 35.5. The molecule has 28 heavy (non-hydrogen) atoms. The fraction of sp³-hybridized carbons (Fsp3) is 0.571. The van der Waals surface area contributed by atoms with Gasteiger partial charge in [-0.15, -0.1) is 0 Å². The van der Waals surface area contributed by atoms with Crippen LogP contribution in [0.1, 0.15) is 68.1 Å². The van der Waals surface area contributed by atoms with Gasteiger partial charge in [-0.05, 0) is 43.9 Å². The van der Waals surface area contributed by atoms with Crippen molar-refractivity contribution in [1.29, 1.82) is 0 Å². The van der Waals surface area contributed by atoms with E-state index in [0.29, 0.717) is 29.1 Å². The smallest absolute Gasteiger partial charge is 0.307 e. The van der Waals surface area contributed by atoms with Gasteiger partial charge < -0.3 is 15.7 Å². The van der Waals surface area contributed by atoms with Gasteiger partial charge >= 0.3 is 5.97 Å². The van der Waals surface area contributed by atoms with Crippen LogP contribution in [0.2, 0.25) is 5.02 Å². The lowest BCUT2D eigenvalue weighted by atomic mass is 9.78. The Balaban J connectivity index is 1.69. The van der Waals surface area contributed by atoms with Crippen molar-refractivity contribution in [2.24, 2.45) is 11.8 Å². The van der Waals surface area contributed by atoms with E-state index in [1.165, 1.54) is 6.42 Å². The lowest BCUT2D eigenvalue weighted by Gasteiger charge is -2.27. The predicted octanol–water partition coefficient (Wildman–Crippen LogP) is 4.23. The number of nitrogens with one attached hydrogen (secondary N) is 2. The first-order chi connectivity index (χ1) is 13.5. The maximum absolute atomic E-state index is 12.7. The molecule has 2 aliphatic carbocycles. The van der Waals surface area contributed by atoms with Gasteiger partial charge in [-0.3, -0.25) is 14.4 Å². The summed E-state index contributed by atoms with van der Waals surface area (Å²) < 4.78 is 0. The van der Waals surface area contributed by atoms with Crippen LogP contribution in [0.15, 0.2) is 18.2 Å². The molecule has 2 aliphatic rings. The Morgan fingerprint density at radius 2 is 1.57 bits per heavy atom. The minimum Gasteiger partial charge on any atom is -0.481 e. The third-order valence-corrected chi connectivity index (χ3v) is 6.17. The standard InChI is InChI=1S/C21H27ClN2O4/c22-18-11-10-14(12-17(18)20(26)23-13-6-2-1-3-7-13)24-19(25)15-8-4-5-9-16(15)21(27)28/h10-13,15-16H,1-9H2,(H,23,26)(H,24,25)(H,27,28). The molecule has 0 bridgehead atoms. The van der Waals surface area contributed by atoms with E-state index in [1.54, 1.807) is 18.2 Å². The number of carbonyl (C=O) groups is 3. The maximum atomic E-state index is 12.7. The summed E-state index contributed by atoms with van der Waals surface area (Å²) >= 11 is 6.21. The van der Waals surface area contributed by atoms with Gasteiger partial charge in [0.1, 0.15) is 0 Å². The van der Waals surface area contributed by atoms with E-state index >= 15 is 0 Å². The van der Waals surface area contributed by atoms with Crippen LogP contribution in [0.4, 0.5) is 5.69 Å². The molecule has 2 saturated carbocycles. The Kier molecular flexibility index (Phi) is 6.94. The van der Waals surface area contributed by atoms with Gasteiger partial charge in [-0.25, -0.2) is 0 Å². The summed E-state index contributed by atoms with van der Waals surface area (Å²) in [7, 11) is 0. The van der Waals surface area contributed by atoms with E-state index in [9.17, 15) is 19.5 Å². The molecular weight excluding hydrogens is 380 g/mol. The molecule has 0 spiro atoms. The van der Waals surface area contributed by atoms with Crippen molar-refractivity contribution in [3.63, 3.8) is 0 Å². The number of anilines is 1. The number of benzene rings is 1. The molecule has 7 heteroatoms. The Labute approximate surface area is 170 Å². The molecule has 0 heterocycles. The van der Waals surface area contributed by atoms with E-state index in [4.69, 9.17) is 11.6 Å². The van der Waals surface area contributed by atoms with Crippen molar-refractivity contribution in [2.45, 2.75) is 63.8 Å². The highest BCUT2D eigenvalue weighted by Gasteiger charge is 2.35. The minimum atomic E-state index is -0.927. The summed E-state index contributed by atoms with van der Waals surface area (Å²) in [6.45, 7) is 0. The lowest BCUT2D eigenvalue weighted by molar-refractivity contribution is -0.147. The Bertz CT molecular complexity index is 746. The second-order valence-corrected chi connectivity index (χ2v) is 8.24. The summed E-state index contributed by atoms with van der Waals surface area (Å²) in [6, 6.07) is 4.95. The fourth-order valence-corrected chi connectivity index (χ4v) is 4.47. The molecule has 1 aromatic rings. The second kappa shape index (κ2) is 9.41.